The van der Waals surface area contributed by atoms with E-state index in [1.165, 1.54) is 11.3 Å². The summed E-state index contributed by atoms with van der Waals surface area (Å²) in [7, 11) is 1.59. The second-order valence-corrected chi connectivity index (χ2v) is 8.38. The topological polar surface area (TPSA) is 69.9 Å². The molecule has 0 unspecified atom stereocenters. The van der Waals surface area contributed by atoms with Gasteiger partial charge in [-0.2, -0.15) is 0 Å². The van der Waals surface area contributed by atoms with Gasteiger partial charge in [0.05, 0.1) is 35.6 Å². The normalized spacial score (nSPS) is 16.0. The lowest BCUT2D eigenvalue weighted by atomic mass is 9.96. The number of esters is 1. The molecule has 2 aromatic carbocycles. The SMILES string of the molecule is CCOC(=O)C1=C(C)N=c2s/c(=C\C=C\c3ccccc3)c(=O)n2[C@@H]1c1ccc(OC)cc1. The molecule has 0 N–H and O–H groups in total. The van der Waals surface area contributed by atoms with Crippen molar-refractivity contribution in [2.24, 2.45) is 4.99 Å². The number of rotatable bonds is 6. The van der Waals surface area contributed by atoms with E-state index >= 15 is 0 Å². The van der Waals surface area contributed by atoms with Gasteiger partial charge in [0.2, 0.25) is 0 Å². The van der Waals surface area contributed by atoms with Crippen molar-refractivity contribution in [2.75, 3.05) is 13.7 Å². The Balaban J connectivity index is 1.85. The van der Waals surface area contributed by atoms with Crippen LogP contribution in [0.4, 0.5) is 0 Å². The van der Waals surface area contributed by atoms with Crippen molar-refractivity contribution in [3.05, 3.63) is 103 Å². The summed E-state index contributed by atoms with van der Waals surface area (Å²) in [4.78, 5) is 31.4. The lowest BCUT2D eigenvalue weighted by Gasteiger charge is -2.24. The molecule has 0 radical (unpaired) electrons. The number of aromatic nitrogens is 1. The van der Waals surface area contributed by atoms with Gasteiger partial charge in [0.25, 0.3) is 5.56 Å². The Kier molecular flexibility index (Phi) is 6.70. The van der Waals surface area contributed by atoms with Crippen LogP contribution in [0, 0.1) is 0 Å². The fourth-order valence-electron chi connectivity index (χ4n) is 3.72. The molecule has 0 bridgehead atoms. The minimum Gasteiger partial charge on any atom is -0.497 e. The van der Waals surface area contributed by atoms with Gasteiger partial charge in [-0.05, 0) is 43.2 Å². The molecule has 0 saturated heterocycles. The van der Waals surface area contributed by atoms with Crippen molar-refractivity contribution >= 4 is 29.5 Å². The number of fused-ring (bicyclic) bond motifs is 1. The zero-order chi connectivity index (χ0) is 23.4. The number of nitrogens with zero attached hydrogens (tertiary/aromatic N) is 2. The molecule has 1 aliphatic rings. The van der Waals surface area contributed by atoms with Gasteiger partial charge in [0.15, 0.2) is 4.80 Å². The van der Waals surface area contributed by atoms with E-state index in [0.717, 1.165) is 11.1 Å². The van der Waals surface area contributed by atoms with Crippen molar-refractivity contribution in [3.8, 4) is 5.75 Å². The number of thiazole rings is 1. The average molecular weight is 461 g/mol. The van der Waals surface area contributed by atoms with Crippen molar-refractivity contribution < 1.29 is 14.3 Å². The molecule has 3 aromatic rings. The third-order valence-corrected chi connectivity index (χ3v) is 6.29. The van der Waals surface area contributed by atoms with Gasteiger partial charge in [-0.3, -0.25) is 9.36 Å². The molecule has 0 amide bonds. The second-order valence-electron chi connectivity index (χ2n) is 7.37. The van der Waals surface area contributed by atoms with E-state index in [4.69, 9.17) is 9.47 Å². The molecule has 0 saturated carbocycles. The number of allylic oxidation sites excluding steroid dienone is 2. The van der Waals surface area contributed by atoms with Gasteiger partial charge < -0.3 is 9.47 Å². The predicted octanol–water partition coefficient (Wildman–Crippen LogP) is 3.47. The first-order valence-corrected chi connectivity index (χ1v) is 11.4. The number of benzene rings is 2. The van der Waals surface area contributed by atoms with Crippen LogP contribution in [-0.4, -0.2) is 24.3 Å². The molecular formula is C26H24N2O4S. The monoisotopic (exact) mass is 460 g/mol. The van der Waals surface area contributed by atoms with E-state index < -0.39 is 12.0 Å². The number of hydrogen-bond donors (Lipinski definition) is 0. The standard InChI is InChI=1S/C26H24N2O4S/c1-4-32-25(30)22-17(2)27-26-28(23(22)19-13-15-20(31-3)16-14-19)24(29)21(33-26)12-8-11-18-9-6-5-7-10-18/h5-16,23H,4H2,1-3H3/b11-8+,21-12-/t23-/m1/s1. The van der Waals surface area contributed by atoms with Gasteiger partial charge in [-0.15, -0.1) is 0 Å². The number of hydrogen-bond acceptors (Lipinski definition) is 6. The number of methoxy groups -OCH3 is 1. The van der Waals surface area contributed by atoms with E-state index in [2.05, 4.69) is 4.99 Å². The maximum Gasteiger partial charge on any atom is 0.338 e. The summed E-state index contributed by atoms with van der Waals surface area (Å²) in [5, 5.41) is 0. The molecule has 4 rings (SSSR count). The van der Waals surface area contributed by atoms with Gasteiger partial charge in [0, 0.05) is 0 Å². The molecule has 1 aromatic heterocycles. The van der Waals surface area contributed by atoms with Crippen LogP contribution in [0.15, 0.2) is 81.7 Å². The highest BCUT2D eigenvalue weighted by Crippen LogP contribution is 2.31. The van der Waals surface area contributed by atoms with Crippen LogP contribution in [0.1, 0.15) is 31.0 Å². The minimum absolute atomic E-state index is 0.202. The van der Waals surface area contributed by atoms with Crippen molar-refractivity contribution in [3.63, 3.8) is 0 Å². The van der Waals surface area contributed by atoms with Gasteiger partial charge in [0.1, 0.15) is 5.75 Å². The van der Waals surface area contributed by atoms with Crippen LogP contribution in [0.3, 0.4) is 0 Å². The summed E-state index contributed by atoms with van der Waals surface area (Å²) in [6.45, 7) is 3.76. The number of carbonyl (C=O) groups is 1. The highest BCUT2D eigenvalue weighted by Gasteiger charge is 2.33. The first-order valence-electron chi connectivity index (χ1n) is 10.6. The Hall–Kier alpha value is -3.71. The largest absolute Gasteiger partial charge is 0.497 e. The van der Waals surface area contributed by atoms with E-state index in [-0.39, 0.29) is 12.2 Å². The lowest BCUT2D eigenvalue weighted by molar-refractivity contribution is -0.139. The molecule has 33 heavy (non-hydrogen) atoms. The Labute approximate surface area is 195 Å². The molecule has 0 aliphatic carbocycles. The summed E-state index contributed by atoms with van der Waals surface area (Å²) >= 11 is 1.30. The van der Waals surface area contributed by atoms with Crippen LogP contribution in [-0.2, 0) is 9.53 Å². The van der Waals surface area contributed by atoms with E-state index in [9.17, 15) is 9.59 Å². The molecule has 0 fully saturated rings. The number of carbonyl (C=O) groups excluding carboxylic acids is 1. The summed E-state index contributed by atoms with van der Waals surface area (Å²) < 4.78 is 12.7. The van der Waals surface area contributed by atoms with Crippen LogP contribution in [0.25, 0.3) is 12.2 Å². The van der Waals surface area contributed by atoms with Crippen molar-refractivity contribution in [1.82, 2.24) is 4.57 Å². The zero-order valence-corrected chi connectivity index (χ0v) is 19.5. The third-order valence-electron chi connectivity index (χ3n) is 5.28. The van der Waals surface area contributed by atoms with Crippen LogP contribution >= 0.6 is 11.3 Å². The Bertz CT molecular complexity index is 1400. The molecule has 6 nitrogen and oxygen atoms in total. The molecule has 168 valence electrons. The fourth-order valence-corrected chi connectivity index (χ4v) is 4.72. The average Bonchev–Trinajstić information content (AvgIpc) is 3.13. The van der Waals surface area contributed by atoms with E-state index in [1.807, 2.05) is 66.7 Å². The van der Waals surface area contributed by atoms with Gasteiger partial charge in [-0.1, -0.05) is 66.0 Å². The highest BCUT2D eigenvalue weighted by molar-refractivity contribution is 7.07. The maximum absolute atomic E-state index is 13.4. The molecule has 2 heterocycles. The van der Waals surface area contributed by atoms with Gasteiger partial charge in [-0.25, -0.2) is 9.79 Å². The first kappa shape index (κ1) is 22.5. The summed E-state index contributed by atoms with van der Waals surface area (Å²) in [5.41, 5.74) is 2.52. The smallest absolute Gasteiger partial charge is 0.338 e. The second kappa shape index (κ2) is 9.83. The fraction of sp³-hybridized carbons (Fsp3) is 0.192. The third kappa shape index (κ3) is 4.59. The van der Waals surface area contributed by atoms with Crippen LogP contribution in [0.5, 0.6) is 5.75 Å². The van der Waals surface area contributed by atoms with Gasteiger partial charge >= 0.3 is 5.97 Å². The predicted molar refractivity (Wildman–Crippen MR) is 130 cm³/mol. The number of ether oxygens (including phenoxy) is 2. The first-order chi connectivity index (χ1) is 16.0. The quantitative estimate of drug-likeness (QED) is 0.528. The summed E-state index contributed by atoms with van der Waals surface area (Å²) in [5.74, 6) is 0.216. The van der Waals surface area contributed by atoms with E-state index in [1.54, 1.807) is 31.6 Å². The van der Waals surface area contributed by atoms with Crippen LogP contribution < -0.4 is 19.6 Å². The zero-order valence-electron chi connectivity index (χ0n) is 18.6. The molecular weight excluding hydrogens is 436 g/mol. The Morgan fingerprint density at radius 3 is 2.55 bits per heavy atom. The Morgan fingerprint density at radius 2 is 1.88 bits per heavy atom. The molecule has 1 aliphatic heterocycles. The van der Waals surface area contributed by atoms with Crippen molar-refractivity contribution in [1.29, 1.82) is 0 Å². The van der Waals surface area contributed by atoms with Crippen LogP contribution in [0.2, 0.25) is 0 Å². The van der Waals surface area contributed by atoms with Crippen molar-refractivity contribution in [2.45, 2.75) is 19.9 Å². The lowest BCUT2D eigenvalue weighted by Crippen LogP contribution is -2.39. The molecule has 7 heteroatoms. The minimum atomic E-state index is -0.633. The summed E-state index contributed by atoms with van der Waals surface area (Å²) in [6, 6.07) is 16.6. The highest BCUT2D eigenvalue weighted by atomic mass is 32.1. The summed E-state index contributed by atoms with van der Waals surface area (Å²) in [6.07, 6.45) is 5.57. The molecule has 0 spiro atoms. The maximum atomic E-state index is 13.4. The van der Waals surface area contributed by atoms with E-state index in [0.29, 0.717) is 26.4 Å². The molecule has 1 atom stereocenters. The Morgan fingerprint density at radius 1 is 1.15 bits per heavy atom.